The average molecular weight is 478 g/mol. The molecule has 0 spiro atoms. The van der Waals surface area contributed by atoms with Crippen molar-refractivity contribution in [3.63, 3.8) is 0 Å². The molecule has 1 saturated carbocycles. The number of pyridine rings is 1. The Morgan fingerprint density at radius 3 is 2.66 bits per heavy atom. The van der Waals surface area contributed by atoms with Crippen LogP contribution in [0.2, 0.25) is 0 Å². The third kappa shape index (κ3) is 5.85. The van der Waals surface area contributed by atoms with Gasteiger partial charge in [-0.2, -0.15) is 0 Å². The van der Waals surface area contributed by atoms with Gasteiger partial charge in [0.25, 0.3) is 5.71 Å². The van der Waals surface area contributed by atoms with Crippen molar-refractivity contribution in [1.29, 1.82) is 0 Å². The maximum Gasteiger partial charge on any atom is 0.313 e. The highest BCUT2D eigenvalue weighted by atomic mass is 16.2. The zero-order valence-electron chi connectivity index (χ0n) is 19.8. The summed E-state index contributed by atoms with van der Waals surface area (Å²) in [6.07, 6.45) is 8.48. The second kappa shape index (κ2) is 11.1. The van der Waals surface area contributed by atoms with Gasteiger partial charge >= 0.3 is 5.91 Å². The van der Waals surface area contributed by atoms with Gasteiger partial charge in [0, 0.05) is 18.8 Å². The molecule has 9 heteroatoms. The number of benzene rings is 1. The normalized spacial score (nSPS) is 21.8. The van der Waals surface area contributed by atoms with E-state index < -0.39 is 11.9 Å². The predicted molar refractivity (Wildman–Crippen MR) is 132 cm³/mol. The number of nitrogens with two attached hydrogens (primary N) is 2. The fourth-order valence-electron chi connectivity index (χ4n) is 5.16. The van der Waals surface area contributed by atoms with Gasteiger partial charge in [-0.05, 0) is 49.7 Å². The molecular weight excluding hydrogens is 444 g/mol. The number of nitrogens with one attached hydrogen (secondary N) is 2. The fraction of sp³-hybridized carbons (Fsp3) is 0.423. The SMILES string of the molecule is NC(=O)C(=[NH2+])c1ccncc1NCC(=O)N1CCC[C@H]1C(=O)NC1CCCC(c2ccccc2)C1. The minimum absolute atomic E-state index is 0.0476. The van der Waals surface area contributed by atoms with Crippen LogP contribution in [-0.2, 0) is 14.4 Å². The third-order valence-corrected chi connectivity index (χ3v) is 6.97. The van der Waals surface area contributed by atoms with Crippen LogP contribution in [0.25, 0.3) is 0 Å². The van der Waals surface area contributed by atoms with E-state index in [2.05, 4.69) is 39.9 Å². The number of carbonyl (C=O) groups excluding carboxylic acids is 3. The third-order valence-electron chi connectivity index (χ3n) is 6.97. The number of likely N-dealkylation sites (tertiary alicyclic amines) is 1. The van der Waals surface area contributed by atoms with E-state index in [0.717, 1.165) is 32.1 Å². The van der Waals surface area contributed by atoms with E-state index in [4.69, 9.17) is 11.1 Å². The molecule has 184 valence electrons. The standard InChI is InChI=1S/C26H32N6O3/c27-24(25(28)34)20-11-12-29-15-21(20)30-16-23(33)32-13-5-10-22(32)26(35)31-19-9-4-8-18(14-19)17-6-2-1-3-7-17/h1-3,6-7,11-12,15,18-19,22,27,30H,4-5,8-10,13-14,16H2,(H2,28,34)(H,31,35)/p+1/t18?,19?,22-/m0/s1. The van der Waals surface area contributed by atoms with E-state index in [-0.39, 0.29) is 30.1 Å². The summed E-state index contributed by atoms with van der Waals surface area (Å²) in [5.74, 6) is -0.581. The Morgan fingerprint density at radius 2 is 1.89 bits per heavy atom. The van der Waals surface area contributed by atoms with E-state index in [9.17, 15) is 14.4 Å². The number of carbonyl (C=O) groups is 3. The Morgan fingerprint density at radius 1 is 1.09 bits per heavy atom. The second-order valence-electron chi connectivity index (χ2n) is 9.28. The van der Waals surface area contributed by atoms with Crippen LogP contribution in [-0.4, -0.2) is 58.5 Å². The predicted octanol–water partition coefficient (Wildman–Crippen LogP) is 0.361. The van der Waals surface area contributed by atoms with E-state index >= 15 is 0 Å². The molecule has 2 fully saturated rings. The number of hydrogen-bond donors (Lipinski definition) is 4. The molecule has 35 heavy (non-hydrogen) atoms. The zero-order valence-corrected chi connectivity index (χ0v) is 19.8. The summed E-state index contributed by atoms with van der Waals surface area (Å²) in [6.45, 7) is 0.485. The van der Waals surface area contributed by atoms with Crippen LogP contribution in [0.4, 0.5) is 5.69 Å². The van der Waals surface area contributed by atoms with Gasteiger partial charge in [-0.1, -0.05) is 36.8 Å². The van der Waals surface area contributed by atoms with Crippen LogP contribution in [0.1, 0.15) is 55.6 Å². The highest BCUT2D eigenvalue weighted by molar-refractivity contribution is 6.43. The smallest absolute Gasteiger partial charge is 0.313 e. The summed E-state index contributed by atoms with van der Waals surface area (Å²) in [5, 5.41) is 12.0. The highest BCUT2D eigenvalue weighted by Crippen LogP contribution is 2.33. The van der Waals surface area contributed by atoms with Gasteiger partial charge in [0.15, 0.2) is 0 Å². The first-order valence-electron chi connectivity index (χ1n) is 12.2. The van der Waals surface area contributed by atoms with Crippen molar-refractivity contribution in [2.45, 2.75) is 56.5 Å². The molecule has 4 rings (SSSR count). The van der Waals surface area contributed by atoms with Gasteiger partial charge in [-0.3, -0.25) is 19.4 Å². The van der Waals surface area contributed by atoms with Crippen LogP contribution in [0.5, 0.6) is 0 Å². The Labute approximate surface area is 205 Å². The number of anilines is 1. The monoisotopic (exact) mass is 477 g/mol. The Kier molecular flexibility index (Phi) is 7.74. The summed E-state index contributed by atoms with van der Waals surface area (Å²) in [5.41, 5.74) is 7.33. The van der Waals surface area contributed by atoms with Crippen molar-refractivity contribution >= 4 is 29.1 Å². The van der Waals surface area contributed by atoms with Crippen LogP contribution >= 0.6 is 0 Å². The summed E-state index contributed by atoms with van der Waals surface area (Å²) in [4.78, 5) is 43.3. The summed E-state index contributed by atoms with van der Waals surface area (Å²) >= 11 is 0. The average Bonchev–Trinajstić information content (AvgIpc) is 3.38. The van der Waals surface area contributed by atoms with Gasteiger partial charge in [-0.25, -0.2) is 5.41 Å². The second-order valence-corrected chi connectivity index (χ2v) is 9.28. The summed E-state index contributed by atoms with van der Waals surface area (Å²) in [7, 11) is 0. The maximum absolute atomic E-state index is 13.2. The molecule has 3 atom stereocenters. The van der Waals surface area contributed by atoms with E-state index in [1.165, 1.54) is 18.0 Å². The molecule has 3 amide bonds. The first kappa shape index (κ1) is 24.4. The van der Waals surface area contributed by atoms with Crippen molar-refractivity contribution in [2.75, 3.05) is 18.4 Å². The first-order chi connectivity index (χ1) is 16.9. The first-order valence-corrected chi connectivity index (χ1v) is 12.2. The molecule has 9 nitrogen and oxygen atoms in total. The molecule has 1 aliphatic heterocycles. The van der Waals surface area contributed by atoms with Crippen LogP contribution in [0.3, 0.4) is 0 Å². The molecule has 1 saturated heterocycles. The molecule has 1 aromatic carbocycles. The largest absolute Gasteiger partial charge is 0.374 e. The molecule has 1 aliphatic carbocycles. The number of amides is 3. The lowest BCUT2D eigenvalue weighted by Gasteiger charge is -2.32. The fourth-order valence-corrected chi connectivity index (χ4v) is 5.16. The summed E-state index contributed by atoms with van der Waals surface area (Å²) in [6, 6.07) is 11.6. The molecule has 2 heterocycles. The molecule has 1 aromatic heterocycles. The molecular formula is C26H33N6O3+. The van der Waals surface area contributed by atoms with Gasteiger partial charge in [0.2, 0.25) is 11.8 Å². The van der Waals surface area contributed by atoms with Gasteiger partial charge in [-0.15, -0.1) is 0 Å². The highest BCUT2D eigenvalue weighted by Gasteiger charge is 2.35. The van der Waals surface area contributed by atoms with Crippen molar-refractivity contribution in [1.82, 2.24) is 15.2 Å². The zero-order chi connectivity index (χ0) is 24.8. The topological polar surface area (TPSA) is 143 Å². The molecule has 2 unspecified atom stereocenters. The molecule has 0 bridgehead atoms. The number of aromatic nitrogens is 1. The van der Waals surface area contributed by atoms with Gasteiger partial charge in [0.1, 0.15) is 6.04 Å². The van der Waals surface area contributed by atoms with Gasteiger partial charge < -0.3 is 21.3 Å². The minimum atomic E-state index is -0.751. The van der Waals surface area contributed by atoms with Gasteiger partial charge in [0.05, 0.1) is 24.0 Å². The lowest BCUT2D eigenvalue weighted by Crippen LogP contribution is -2.51. The number of primary amides is 1. The van der Waals surface area contributed by atoms with Crippen LogP contribution in [0, 0.1) is 0 Å². The van der Waals surface area contributed by atoms with E-state index in [1.54, 1.807) is 11.0 Å². The summed E-state index contributed by atoms with van der Waals surface area (Å²) < 4.78 is 0. The van der Waals surface area contributed by atoms with Crippen molar-refractivity contribution in [3.8, 4) is 0 Å². The molecule has 2 aromatic rings. The maximum atomic E-state index is 13.2. The molecule has 6 N–H and O–H groups in total. The van der Waals surface area contributed by atoms with Crippen molar-refractivity contribution < 1.29 is 19.8 Å². The lowest BCUT2D eigenvalue weighted by atomic mass is 9.81. The number of rotatable bonds is 8. The van der Waals surface area contributed by atoms with E-state index in [1.807, 2.05) is 6.07 Å². The van der Waals surface area contributed by atoms with Crippen LogP contribution in [0.15, 0.2) is 48.8 Å². The molecule has 2 aliphatic rings. The lowest BCUT2D eigenvalue weighted by molar-refractivity contribution is -0.137. The molecule has 0 radical (unpaired) electrons. The minimum Gasteiger partial charge on any atom is -0.374 e. The number of hydrogen-bond acceptors (Lipinski definition) is 5. The quantitative estimate of drug-likeness (QED) is 0.406. The van der Waals surface area contributed by atoms with Crippen molar-refractivity contribution in [2.24, 2.45) is 5.73 Å². The Bertz CT molecular complexity index is 1090. The number of nitrogens with zero attached hydrogens (tertiary/aromatic N) is 2. The van der Waals surface area contributed by atoms with Crippen LogP contribution < -0.4 is 21.8 Å². The Balaban J connectivity index is 1.34. The van der Waals surface area contributed by atoms with Crippen molar-refractivity contribution in [3.05, 3.63) is 59.9 Å². The Hall–Kier alpha value is -3.75. The van der Waals surface area contributed by atoms with E-state index in [0.29, 0.717) is 30.1 Å².